The molecular weight excluding hydrogens is 330 g/mol. The molecule has 7 heteroatoms. The second-order valence-corrected chi connectivity index (χ2v) is 7.38. The normalized spacial score (nSPS) is 23.6. The highest BCUT2D eigenvalue weighted by Gasteiger charge is 2.29. The fraction of sp³-hybridized carbons (Fsp3) is 0.526. The summed E-state index contributed by atoms with van der Waals surface area (Å²) in [6.07, 6.45) is 4.37. The summed E-state index contributed by atoms with van der Waals surface area (Å²) >= 11 is 0. The monoisotopic (exact) mass is 355 g/mol. The molecule has 2 aliphatic rings. The molecule has 1 aliphatic carbocycles. The number of carbonyl (C=O) groups is 1. The maximum absolute atomic E-state index is 12.4. The van der Waals surface area contributed by atoms with Gasteiger partial charge < -0.3 is 20.1 Å². The summed E-state index contributed by atoms with van der Waals surface area (Å²) in [7, 11) is 2.10. The Morgan fingerprint density at radius 1 is 1.31 bits per heavy atom. The van der Waals surface area contributed by atoms with Gasteiger partial charge >= 0.3 is 6.03 Å². The van der Waals surface area contributed by atoms with Gasteiger partial charge in [0.05, 0.1) is 0 Å². The van der Waals surface area contributed by atoms with Crippen LogP contribution >= 0.6 is 0 Å². The summed E-state index contributed by atoms with van der Waals surface area (Å²) in [5, 5.41) is 10.1. The van der Waals surface area contributed by atoms with Crippen molar-refractivity contribution >= 4 is 11.7 Å². The quantitative estimate of drug-likeness (QED) is 0.880. The molecule has 1 aromatic carbocycles. The standard InChI is InChI=1S/C19H25N5O2/c1-12-16(7-4-10-24(12)2)21-19(25)20-15-6-3-5-14(11-15)18-22-17(23-26-18)13-8-9-13/h3,5-6,11-13,16H,4,7-10H2,1-2H3,(H2,20,21,25). The van der Waals surface area contributed by atoms with E-state index in [1.165, 1.54) is 0 Å². The van der Waals surface area contributed by atoms with Gasteiger partial charge in [-0.3, -0.25) is 0 Å². The van der Waals surface area contributed by atoms with Crippen molar-refractivity contribution in [3.8, 4) is 11.5 Å². The molecule has 1 aromatic heterocycles. The van der Waals surface area contributed by atoms with Crippen LogP contribution < -0.4 is 10.6 Å². The Kier molecular flexibility index (Phi) is 4.63. The molecule has 2 heterocycles. The van der Waals surface area contributed by atoms with E-state index in [1.807, 2.05) is 24.3 Å². The van der Waals surface area contributed by atoms with E-state index in [-0.39, 0.29) is 12.1 Å². The number of likely N-dealkylation sites (N-methyl/N-ethyl adjacent to an activating group) is 1. The molecule has 0 spiro atoms. The van der Waals surface area contributed by atoms with Crippen molar-refractivity contribution in [2.75, 3.05) is 18.9 Å². The third kappa shape index (κ3) is 3.72. The number of anilines is 1. The summed E-state index contributed by atoms with van der Waals surface area (Å²) < 4.78 is 5.36. The van der Waals surface area contributed by atoms with Gasteiger partial charge in [-0.05, 0) is 64.4 Å². The van der Waals surface area contributed by atoms with Crippen LogP contribution in [-0.2, 0) is 0 Å². The Labute approximate surface area is 153 Å². The number of likely N-dealkylation sites (tertiary alicyclic amines) is 1. The molecule has 26 heavy (non-hydrogen) atoms. The molecule has 2 aromatic rings. The van der Waals surface area contributed by atoms with Crippen molar-refractivity contribution < 1.29 is 9.32 Å². The SMILES string of the molecule is CC1C(NC(=O)Nc2cccc(-c3nc(C4CC4)no3)c2)CCCN1C. The summed E-state index contributed by atoms with van der Waals surface area (Å²) in [5.41, 5.74) is 1.52. The van der Waals surface area contributed by atoms with Crippen molar-refractivity contribution in [2.24, 2.45) is 0 Å². The zero-order valence-corrected chi connectivity index (χ0v) is 15.2. The molecule has 2 fully saturated rings. The van der Waals surface area contributed by atoms with Crippen LogP contribution in [0.1, 0.15) is 44.3 Å². The number of benzene rings is 1. The number of amides is 2. The number of carbonyl (C=O) groups excluding carboxylic acids is 1. The molecule has 1 aliphatic heterocycles. The van der Waals surface area contributed by atoms with Crippen molar-refractivity contribution in [1.29, 1.82) is 0 Å². The van der Waals surface area contributed by atoms with Gasteiger partial charge in [0.15, 0.2) is 5.82 Å². The van der Waals surface area contributed by atoms with Gasteiger partial charge in [0, 0.05) is 29.3 Å². The van der Waals surface area contributed by atoms with E-state index >= 15 is 0 Å². The maximum atomic E-state index is 12.4. The third-order valence-electron chi connectivity index (χ3n) is 5.37. The van der Waals surface area contributed by atoms with Crippen molar-refractivity contribution in [1.82, 2.24) is 20.4 Å². The first-order valence-corrected chi connectivity index (χ1v) is 9.32. The first-order chi connectivity index (χ1) is 12.6. The summed E-state index contributed by atoms with van der Waals surface area (Å²) in [6, 6.07) is 7.82. The molecule has 7 nitrogen and oxygen atoms in total. The van der Waals surface area contributed by atoms with E-state index in [4.69, 9.17) is 4.52 Å². The van der Waals surface area contributed by atoms with Gasteiger partial charge in [-0.15, -0.1) is 0 Å². The molecule has 0 radical (unpaired) electrons. The maximum Gasteiger partial charge on any atom is 0.319 e. The summed E-state index contributed by atoms with van der Waals surface area (Å²) in [6.45, 7) is 3.23. The van der Waals surface area contributed by atoms with Crippen LogP contribution in [0.15, 0.2) is 28.8 Å². The van der Waals surface area contributed by atoms with Crippen LogP contribution in [0.25, 0.3) is 11.5 Å². The van der Waals surface area contributed by atoms with E-state index in [0.29, 0.717) is 23.5 Å². The lowest BCUT2D eigenvalue weighted by molar-refractivity contribution is 0.157. The Morgan fingerprint density at radius 3 is 2.96 bits per heavy atom. The molecule has 1 saturated heterocycles. The van der Waals surface area contributed by atoms with Gasteiger partial charge in [0.2, 0.25) is 0 Å². The average molecular weight is 355 g/mol. The number of urea groups is 1. The third-order valence-corrected chi connectivity index (χ3v) is 5.37. The molecule has 4 rings (SSSR count). The lowest BCUT2D eigenvalue weighted by Crippen LogP contribution is -2.53. The number of hydrogen-bond acceptors (Lipinski definition) is 5. The fourth-order valence-corrected chi connectivity index (χ4v) is 3.43. The summed E-state index contributed by atoms with van der Waals surface area (Å²) in [4.78, 5) is 19.1. The second kappa shape index (κ2) is 7.07. The van der Waals surface area contributed by atoms with Gasteiger partial charge in [0.1, 0.15) is 0 Å². The average Bonchev–Trinajstić information content (AvgIpc) is 3.36. The van der Waals surface area contributed by atoms with E-state index in [1.54, 1.807) is 0 Å². The zero-order chi connectivity index (χ0) is 18.1. The van der Waals surface area contributed by atoms with E-state index in [9.17, 15) is 4.79 Å². The molecule has 2 unspecified atom stereocenters. The van der Waals surface area contributed by atoms with Crippen LogP contribution in [0.4, 0.5) is 10.5 Å². The van der Waals surface area contributed by atoms with E-state index in [2.05, 4.69) is 39.6 Å². The predicted octanol–water partition coefficient (Wildman–Crippen LogP) is 3.22. The van der Waals surface area contributed by atoms with E-state index in [0.717, 1.165) is 43.6 Å². The minimum absolute atomic E-state index is 0.161. The van der Waals surface area contributed by atoms with Gasteiger partial charge in [-0.2, -0.15) is 4.98 Å². The largest absolute Gasteiger partial charge is 0.334 e. The van der Waals surface area contributed by atoms with Crippen LogP contribution in [0, 0.1) is 0 Å². The first-order valence-electron chi connectivity index (χ1n) is 9.32. The van der Waals surface area contributed by atoms with Crippen molar-refractivity contribution in [3.05, 3.63) is 30.1 Å². The Hall–Kier alpha value is -2.41. The molecule has 0 bridgehead atoms. The molecule has 138 valence electrons. The Morgan fingerprint density at radius 2 is 2.15 bits per heavy atom. The smallest absolute Gasteiger partial charge is 0.319 e. The van der Waals surface area contributed by atoms with Crippen molar-refractivity contribution in [2.45, 2.75) is 50.6 Å². The highest BCUT2D eigenvalue weighted by atomic mass is 16.5. The topological polar surface area (TPSA) is 83.3 Å². The molecule has 2 N–H and O–H groups in total. The van der Waals surface area contributed by atoms with Crippen LogP contribution in [0.3, 0.4) is 0 Å². The van der Waals surface area contributed by atoms with Crippen LogP contribution in [0.2, 0.25) is 0 Å². The number of hydrogen-bond donors (Lipinski definition) is 2. The second-order valence-electron chi connectivity index (χ2n) is 7.38. The van der Waals surface area contributed by atoms with Gasteiger partial charge in [0.25, 0.3) is 5.89 Å². The fourth-order valence-electron chi connectivity index (χ4n) is 3.43. The summed E-state index contributed by atoms with van der Waals surface area (Å²) in [5.74, 6) is 1.74. The molecular formula is C19H25N5O2. The minimum Gasteiger partial charge on any atom is -0.334 e. The highest BCUT2D eigenvalue weighted by Crippen LogP contribution is 2.39. The number of aromatic nitrogens is 2. The van der Waals surface area contributed by atoms with Gasteiger partial charge in [-0.1, -0.05) is 11.2 Å². The zero-order valence-electron chi connectivity index (χ0n) is 15.2. The van der Waals surface area contributed by atoms with Crippen LogP contribution in [0.5, 0.6) is 0 Å². The molecule has 2 amide bonds. The first kappa shape index (κ1) is 17.0. The number of rotatable bonds is 4. The van der Waals surface area contributed by atoms with Crippen LogP contribution in [-0.4, -0.2) is 46.7 Å². The number of nitrogens with zero attached hydrogens (tertiary/aromatic N) is 3. The predicted molar refractivity (Wildman–Crippen MR) is 99.0 cm³/mol. The molecule has 2 atom stereocenters. The molecule has 1 saturated carbocycles. The Bertz CT molecular complexity index is 786. The lowest BCUT2D eigenvalue weighted by atomic mass is 9.98. The van der Waals surface area contributed by atoms with E-state index < -0.39 is 0 Å². The Balaban J connectivity index is 1.40. The van der Waals surface area contributed by atoms with Crippen molar-refractivity contribution in [3.63, 3.8) is 0 Å². The highest BCUT2D eigenvalue weighted by molar-refractivity contribution is 5.90. The van der Waals surface area contributed by atoms with Gasteiger partial charge in [-0.25, -0.2) is 4.79 Å². The number of nitrogens with one attached hydrogen (secondary N) is 2. The minimum atomic E-state index is -0.182. The number of piperidine rings is 1. The lowest BCUT2D eigenvalue weighted by Gasteiger charge is -2.37.